The van der Waals surface area contributed by atoms with Gasteiger partial charge in [-0.25, -0.2) is 0 Å². The molecule has 1 rings (SSSR count). The Labute approximate surface area is 96.1 Å². The first-order valence-electron chi connectivity index (χ1n) is 5.37. The Morgan fingerprint density at radius 3 is 2.53 bits per heavy atom. The van der Waals surface area contributed by atoms with Crippen LogP contribution in [0.4, 0.5) is 0 Å². The lowest BCUT2D eigenvalue weighted by atomic mass is 10.00. The van der Waals surface area contributed by atoms with Crippen LogP contribution in [0.5, 0.6) is 0 Å². The van der Waals surface area contributed by atoms with E-state index in [0.29, 0.717) is 0 Å². The van der Waals surface area contributed by atoms with Crippen molar-refractivity contribution in [1.29, 1.82) is 0 Å². The number of hydrogen-bond acceptors (Lipinski definition) is 2. The van der Waals surface area contributed by atoms with Gasteiger partial charge >= 0.3 is 0 Å². The van der Waals surface area contributed by atoms with E-state index in [0.717, 1.165) is 29.4 Å². The molecule has 86 valence electrons. The van der Waals surface area contributed by atoms with Crippen LogP contribution in [0.3, 0.4) is 0 Å². The molecule has 0 radical (unpaired) electrons. The molecule has 0 bridgehead atoms. The maximum absolute atomic E-state index is 9.47. The predicted octanol–water partition coefficient (Wildman–Crippen LogP) is 2.42. The van der Waals surface area contributed by atoms with E-state index in [2.05, 4.69) is 5.10 Å². The van der Waals surface area contributed by atoms with Crippen molar-refractivity contribution in [2.75, 3.05) is 0 Å². The van der Waals surface area contributed by atoms with Gasteiger partial charge in [0.15, 0.2) is 0 Å². The maximum atomic E-state index is 9.47. The molecule has 0 aromatic carbocycles. The minimum Gasteiger partial charge on any atom is -0.393 e. The van der Waals surface area contributed by atoms with Gasteiger partial charge in [-0.1, -0.05) is 18.5 Å². The minimum absolute atomic E-state index is 0.198. The molecule has 1 N–H and O–H groups in total. The second-order valence-electron chi connectivity index (χ2n) is 4.08. The zero-order valence-corrected chi connectivity index (χ0v) is 10.5. The molecule has 0 aliphatic carbocycles. The molecule has 0 spiro atoms. The number of hydrogen-bond donors (Lipinski definition) is 1. The molecule has 15 heavy (non-hydrogen) atoms. The van der Waals surface area contributed by atoms with Gasteiger partial charge in [-0.15, -0.1) is 0 Å². The Balaban J connectivity index is 2.92. The second kappa shape index (κ2) is 4.99. The van der Waals surface area contributed by atoms with Gasteiger partial charge in [0.2, 0.25) is 0 Å². The molecule has 0 aliphatic heterocycles. The molecule has 1 heterocycles. The summed E-state index contributed by atoms with van der Waals surface area (Å²) in [5.41, 5.74) is 1.90. The van der Waals surface area contributed by atoms with Crippen LogP contribution in [0.2, 0.25) is 5.02 Å². The summed E-state index contributed by atoms with van der Waals surface area (Å²) in [6.45, 7) is 8.58. The van der Waals surface area contributed by atoms with Gasteiger partial charge in [0.1, 0.15) is 0 Å². The van der Waals surface area contributed by atoms with E-state index in [9.17, 15) is 5.11 Å². The predicted molar refractivity (Wildman–Crippen MR) is 62.2 cm³/mol. The molecule has 1 aromatic heterocycles. The Bertz CT molecular complexity index is 334. The van der Waals surface area contributed by atoms with Crippen LogP contribution in [-0.4, -0.2) is 21.0 Å². The number of halogens is 1. The third-order valence-electron chi connectivity index (χ3n) is 2.79. The van der Waals surface area contributed by atoms with Gasteiger partial charge in [-0.3, -0.25) is 4.68 Å². The molecule has 0 saturated carbocycles. The third-order valence-corrected chi connectivity index (χ3v) is 3.28. The van der Waals surface area contributed by atoms with Crippen molar-refractivity contribution in [3.63, 3.8) is 0 Å². The van der Waals surface area contributed by atoms with Crippen molar-refractivity contribution in [2.24, 2.45) is 5.92 Å². The van der Waals surface area contributed by atoms with Crippen LogP contribution in [0, 0.1) is 12.8 Å². The molecule has 0 amide bonds. The highest BCUT2D eigenvalue weighted by Crippen LogP contribution is 2.23. The van der Waals surface area contributed by atoms with Gasteiger partial charge in [0.25, 0.3) is 0 Å². The van der Waals surface area contributed by atoms with Crippen molar-refractivity contribution in [3.8, 4) is 0 Å². The first-order chi connectivity index (χ1) is 6.97. The zero-order chi connectivity index (χ0) is 11.6. The molecule has 2 atom stereocenters. The minimum atomic E-state index is -0.318. The summed E-state index contributed by atoms with van der Waals surface area (Å²) in [6, 6.07) is 0. The molecule has 0 fully saturated rings. The molecule has 0 aliphatic rings. The maximum Gasteiger partial charge on any atom is 0.0847 e. The van der Waals surface area contributed by atoms with Gasteiger partial charge in [0.05, 0.1) is 22.5 Å². The highest BCUT2D eigenvalue weighted by atomic mass is 35.5. The highest BCUT2D eigenvalue weighted by molar-refractivity contribution is 6.31. The summed E-state index contributed by atoms with van der Waals surface area (Å²) in [7, 11) is 0. The van der Waals surface area contributed by atoms with Gasteiger partial charge in [0, 0.05) is 6.54 Å². The Kier molecular flexibility index (Phi) is 4.17. The number of aromatic nitrogens is 2. The summed E-state index contributed by atoms with van der Waals surface area (Å²) >= 11 is 6.18. The quantitative estimate of drug-likeness (QED) is 0.863. The number of aryl methyl sites for hydroxylation is 2. The molecule has 3 nitrogen and oxygen atoms in total. The van der Waals surface area contributed by atoms with E-state index >= 15 is 0 Å². The number of aliphatic hydroxyl groups is 1. The lowest BCUT2D eigenvalue weighted by Gasteiger charge is -2.15. The first-order valence-corrected chi connectivity index (χ1v) is 5.75. The van der Waals surface area contributed by atoms with Crippen LogP contribution >= 0.6 is 11.6 Å². The van der Waals surface area contributed by atoms with E-state index in [1.54, 1.807) is 6.92 Å². The Hall–Kier alpha value is -0.540. The summed E-state index contributed by atoms with van der Waals surface area (Å²) < 4.78 is 1.91. The van der Waals surface area contributed by atoms with Crippen molar-refractivity contribution in [3.05, 3.63) is 16.4 Å². The van der Waals surface area contributed by atoms with Gasteiger partial charge in [-0.2, -0.15) is 5.10 Å². The Morgan fingerprint density at radius 1 is 1.47 bits per heavy atom. The molecule has 4 heteroatoms. The Morgan fingerprint density at radius 2 is 2.07 bits per heavy atom. The summed E-state index contributed by atoms with van der Waals surface area (Å²) in [6.07, 6.45) is 0.451. The molecule has 2 unspecified atom stereocenters. The number of nitrogens with zero attached hydrogens (tertiary/aromatic N) is 2. The van der Waals surface area contributed by atoms with Crippen LogP contribution in [0.15, 0.2) is 0 Å². The van der Waals surface area contributed by atoms with Crippen LogP contribution in [0.25, 0.3) is 0 Å². The fourth-order valence-electron chi connectivity index (χ4n) is 1.54. The van der Waals surface area contributed by atoms with Crippen molar-refractivity contribution in [1.82, 2.24) is 9.78 Å². The third kappa shape index (κ3) is 2.73. The van der Waals surface area contributed by atoms with Crippen molar-refractivity contribution in [2.45, 2.75) is 46.8 Å². The van der Waals surface area contributed by atoms with Gasteiger partial charge in [-0.05, 0) is 33.1 Å². The van der Waals surface area contributed by atoms with E-state index < -0.39 is 0 Å². The fraction of sp³-hybridized carbons (Fsp3) is 0.727. The number of aliphatic hydroxyl groups excluding tert-OH is 1. The van der Waals surface area contributed by atoms with Crippen molar-refractivity contribution < 1.29 is 5.11 Å². The topological polar surface area (TPSA) is 38.0 Å². The average Bonchev–Trinajstić information content (AvgIpc) is 2.45. The monoisotopic (exact) mass is 230 g/mol. The lowest BCUT2D eigenvalue weighted by Crippen LogP contribution is -2.17. The van der Waals surface area contributed by atoms with E-state index in [4.69, 9.17) is 11.6 Å². The molecular formula is C11H19ClN2O. The van der Waals surface area contributed by atoms with Gasteiger partial charge < -0.3 is 5.11 Å². The van der Waals surface area contributed by atoms with E-state index in [-0.39, 0.29) is 12.0 Å². The van der Waals surface area contributed by atoms with E-state index in [1.807, 2.05) is 25.5 Å². The smallest absolute Gasteiger partial charge is 0.0847 e. The van der Waals surface area contributed by atoms with E-state index in [1.165, 1.54) is 0 Å². The normalized spacial score (nSPS) is 15.3. The largest absolute Gasteiger partial charge is 0.393 e. The standard InChI is InChI=1S/C11H19ClN2O/c1-5-14-10(6-7(2)9(4)15)11(12)8(3)13-14/h7,9,15H,5-6H2,1-4H3. The molecule has 1 aromatic rings. The molecule has 0 saturated heterocycles. The zero-order valence-electron chi connectivity index (χ0n) is 9.79. The summed E-state index contributed by atoms with van der Waals surface area (Å²) in [5, 5.41) is 14.6. The lowest BCUT2D eigenvalue weighted by molar-refractivity contribution is 0.134. The van der Waals surface area contributed by atoms with Crippen molar-refractivity contribution >= 4 is 11.6 Å². The van der Waals surface area contributed by atoms with Crippen LogP contribution < -0.4 is 0 Å². The SMILES string of the molecule is CCn1nc(C)c(Cl)c1CC(C)C(C)O. The first kappa shape index (κ1) is 12.5. The number of rotatable bonds is 4. The summed E-state index contributed by atoms with van der Waals surface area (Å²) in [5.74, 6) is 0.198. The highest BCUT2D eigenvalue weighted by Gasteiger charge is 2.17. The summed E-state index contributed by atoms with van der Waals surface area (Å²) in [4.78, 5) is 0. The van der Waals surface area contributed by atoms with Crippen LogP contribution in [0.1, 0.15) is 32.2 Å². The molecular weight excluding hydrogens is 212 g/mol. The van der Waals surface area contributed by atoms with Crippen LogP contribution in [-0.2, 0) is 13.0 Å². The second-order valence-corrected chi connectivity index (χ2v) is 4.46. The fourth-order valence-corrected chi connectivity index (χ4v) is 1.75. The average molecular weight is 231 g/mol.